The van der Waals surface area contributed by atoms with Gasteiger partial charge in [0.05, 0.1) is 42.8 Å². The Morgan fingerprint density at radius 2 is 1.95 bits per heavy atom. The summed E-state index contributed by atoms with van der Waals surface area (Å²) < 4.78 is 14.7. The van der Waals surface area contributed by atoms with E-state index in [1.54, 1.807) is 36.7 Å². The predicted molar refractivity (Wildman–Crippen MR) is 158 cm³/mol. The lowest BCUT2D eigenvalue weighted by molar-refractivity contribution is -0.159. The molecule has 2 fully saturated rings. The predicted octanol–water partition coefficient (Wildman–Crippen LogP) is 2.79. The van der Waals surface area contributed by atoms with E-state index in [2.05, 4.69) is 21.5 Å². The van der Waals surface area contributed by atoms with E-state index in [4.69, 9.17) is 14.6 Å². The highest BCUT2D eigenvalue weighted by Gasteiger charge is 2.40. The Morgan fingerprint density at radius 1 is 1.21 bits per heavy atom. The summed E-state index contributed by atoms with van der Waals surface area (Å²) in [5.41, 5.74) is 1.73. The van der Waals surface area contributed by atoms with E-state index in [0.29, 0.717) is 32.3 Å². The monoisotopic (exact) mass is 583 g/mol. The number of ether oxygens (including phenoxy) is 2. The van der Waals surface area contributed by atoms with Crippen LogP contribution in [0, 0.1) is 0 Å². The molecule has 12 heteroatoms. The van der Waals surface area contributed by atoms with Gasteiger partial charge in [-0.05, 0) is 66.4 Å². The van der Waals surface area contributed by atoms with Crippen LogP contribution in [0.2, 0.25) is 0 Å². The Hall–Kier alpha value is -3.06. The van der Waals surface area contributed by atoms with Crippen LogP contribution in [0.4, 0.5) is 5.95 Å². The molecule has 1 saturated heterocycles. The molecule has 230 valence electrons. The first kappa shape index (κ1) is 30.4. The summed E-state index contributed by atoms with van der Waals surface area (Å²) in [5, 5.41) is 33.4. The average molecular weight is 584 g/mol. The van der Waals surface area contributed by atoms with Gasteiger partial charge in [0, 0.05) is 55.2 Å². The summed E-state index contributed by atoms with van der Waals surface area (Å²) in [6.45, 7) is 10.8. The molecule has 12 nitrogen and oxygen atoms in total. The van der Waals surface area contributed by atoms with Gasteiger partial charge < -0.3 is 29.9 Å². The van der Waals surface area contributed by atoms with Gasteiger partial charge in [-0.1, -0.05) is 0 Å². The van der Waals surface area contributed by atoms with E-state index in [0.717, 1.165) is 48.0 Å². The lowest BCUT2D eigenvalue weighted by Crippen LogP contribution is -2.57. The van der Waals surface area contributed by atoms with Crippen LogP contribution in [0.1, 0.15) is 71.9 Å². The minimum absolute atomic E-state index is 0.0407. The van der Waals surface area contributed by atoms with E-state index in [1.807, 2.05) is 37.7 Å². The number of carbonyl (C=O) groups is 1. The summed E-state index contributed by atoms with van der Waals surface area (Å²) in [5.74, 6) is 0.692. The highest BCUT2D eigenvalue weighted by molar-refractivity contribution is 5.85. The van der Waals surface area contributed by atoms with Crippen molar-refractivity contribution in [1.29, 1.82) is 0 Å². The normalized spacial score (nSPS) is 22.9. The lowest BCUT2D eigenvalue weighted by atomic mass is 9.85. The number of aliphatic hydroxyl groups excluding tert-OH is 1. The number of amides is 1. The first-order chi connectivity index (χ1) is 19.9. The van der Waals surface area contributed by atoms with E-state index < -0.39 is 17.2 Å². The fourth-order valence-electron chi connectivity index (χ4n) is 6.00. The summed E-state index contributed by atoms with van der Waals surface area (Å²) in [7, 11) is 1.67. The molecule has 1 amide bonds. The molecule has 1 saturated carbocycles. The molecule has 0 unspecified atom stereocenters. The topological polar surface area (TPSA) is 139 Å². The van der Waals surface area contributed by atoms with Gasteiger partial charge in [-0.2, -0.15) is 5.10 Å². The Labute approximate surface area is 247 Å². The third kappa shape index (κ3) is 6.17. The maximum Gasteiger partial charge on any atom is 0.250 e. The van der Waals surface area contributed by atoms with Gasteiger partial charge in [0.25, 0.3) is 0 Å². The fourth-order valence-corrected chi connectivity index (χ4v) is 6.00. The molecule has 3 aromatic rings. The van der Waals surface area contributed by atoms with Crippen LogP contribution < -0.4 is 5.32 Å². The van der Waals surface area contributed by atoms with Gasteiger partial charge in [-0.25, -0.2) is 9.50 Å². The Morgan fingerprint density at radius 3 is 2.64 bits per heavy atom. The molecule has 2 aliphatic rings. The van der Waals surface area contributed by atoms with Crippen molar-refractivity contribution in [3.63, 3.8) is 0 Å². The van der Waals surface area contributed by atoms with Crippen molar-refractivity contribution < 1.29 is 24.5 Å². The smallest absolute Gasteiger partial charge is 0.250 e. The highest BCUT2D eigenvalue weighted by Crippen LogP contribution is 2.38. The summed E-state index contributed by atoms with van der Waals surface area (Å²) in [6, 6.07) is 2.19. The van der Waals surface area contributed by atoms with Crippen LogP contribution in [0.25, 0.3) is 16.6 Å². The van der Waals surface area contributed by atoms with Crippen LogP contribution >= 0.6 is 0 Å². The Bertz CT molecular complexity index is 1390. The second-order valence-electron chi connectivity index (χ2n) is 12.9. The number of carbonyl (C=O) groups excluding carboxylic acids is 1. The highest BCUT2D eigenvalue weighted by atomic mass is 16.5. The number of aliphatic hydroxyl groups is 2. The van der Waals surface area contributed by atoms with Crippen molar-refractivity contribution in [3.8, 4) is 11.1 Å². The van der Waals surface area contributed by atoms with Crippen LogP contribution in [-0.4, -0.2) is 103 Å². The number of anilines is 1. The molecule has 1 aliphatic heterocycles. The van der Waals surface area contributed by atoms with E-state index in [9.17, 15) is 15.0 Å². The molecule has 4 heterocycles. The SMILES string of the molecule is COC[C@H](C)Nc1ncc2c(-c3cnn(C(C)(C)C(=O)N4CCO[C@@H](C(C)(C)O)C4)c3)cc(C3CCC(O)CC3)n2n1. The van der Waals surface area contributed by atoms with Gasteiger partial charge in [0.2, 0.25) is 11.9 Å². The van der Waals surface area contributed by atoms with Crippen LogP contribution in [0.3, 0.4) is 0 Å². The maximum absolute atomic E-state index is 13.7. The van der Waals surface area contributed by atoms with Crippen molar-refractivity contribution in [3.05, 3.63) is 30.4 Å². The first-order valence-electron chi connectivity index (χ1n) is 14.9. The van der Waals surface area contributed by atoms with Gasteiger partial charge in [0.15, 0.2) is 0 Å². The largest absolute Gasteiger partial charge is 0.393 e. The molecule has 0 aromatic carbocycles. The number of aromatic nitrogens is 5. The van der Waals surface area contributed by atoms with Crippen molar-refractivity contribution >= 4 is 17.4 Å². The molecule has 0 bridgehead atoms. The number of hydrogen-bond acceptors (Lipinski definition) is 9. The number of nitrogens with one attached hydrogen (secondary N) is 1. The number of nitrogens with zero attached hydrogens (tertiary/aromatic N) is 6. The Balaban J connectivity index is 1.46. The summed E-state index contributed by atoms with van der Waals surface area (Å²) in [4.78, 5) is 20.1. The van der Waals surface area contributed by atoms with Crippen LogP contribution in [-0.2, 0) is 19.8 Å². The maximum atomic E-state index is 13.7. The van der Waals surface area contributed by atoms with Gasteiger partial charge >= 0.3 is 0 Å². The van der Waals surface area contributed by atoms with Gasteiger partial charge in [0.1, 0.15) is 11.6 Å². The molecule has 3 aromatic heterocycles. The summed E-state index contributed by atoms with van der Waals surface area (Å²) >= 11 is 0. The van der Waals surface area contributed by atoms with Crippen LogP contribution in [0.5, 0.6) is 0 Å². The van der Waals surface area contributed by atoms with E-state index in [1.165, 1.54) is 0 Å². The molecule has 0 spiro atoms. The number of rotatable bonds is 9. The molecule has 42 heavy (non-hydrogen) atoms. The van der Waals surface area contributed by atoms with Gasteiger partial charge in [-0.3, -0.25) is 9.48 Å². The number of methoxy groups -OCH3 is 1. The third-order valence-electron chi connectivity index (χ3n) is 8.58. The molecule has 3 N–H and O–H groups in total. The quantitative estimate of drug-likeness (QED) is 0.347. The Kier molecular flexibility index (Phi) is 8.62. The van der Waals surface area contributed by atoms with Crippen molar-refractivity contribution in [2.24, 2.45) is 0 Å². The zero-order chi connectivity index (χ0) is 30.2. The van der Waals surface area contributed by atoms with Crippen molar-refractivity contribution in [2.75, 3.05) is 38.7 Å². The average Bonchev–Trinajstić information content (AvgIpc) is 3.59. The van der Waals surface area contributed by atoms with Crippen LogP contribution in [0.15, 0.2) is 24.7 Å². The van der Waals surface area contributed by atoms with E-state index in [-0.39, 0.29) is 24.0 Å². The van der Waals surface area contributed by atoms with Gasteiger partial charge in [-0.15, -0.1) is 5.10 Å². The minimum atomic E-state index is -1.05. The van der Waals surface area contributed by atoms with Crippen molar-refractivity contribution in [2.45, 2.75) is 95.6 Å². The van der Waals surface area contributed by atoms with Crippen molar-refractivity contribution in [1.82, 2.24) is 29.3 Å². The molecule has 1 aliphatic carbocycles. The third-order valence-corrected chi connectivity index (χ3v) is 8.58. The number of fused-ring (bicyclic) bond motifs is 1. The fraction of sp³-hybridized carbons (Fsp3) is 0.667. The first-order valence-corrected chi connectivity index (χ1v) is 14.9. The standard InChI is InChI=1S/C30H45N7O5/c1-19(18-41-6)33-28-31-15-25-23(13-24(37(25)34-28)20-7-9-22(38)10-8-20)21-14-32-36(16-21)29(2,3)27(39)35-11-12-42-26(17-35)30(4,5)40/h13-16,19-20,22,26,38,40H,7-12,17-18H2,1-6H3,(H,33,34)/t19-,20?,22?,26+/m0/s1. The zero-order valence-corrected chi connectivity index (χ0v) is 25.6. The molecular weight excluding hydrogens is 538 g/mol. The molecular formula is C30H45N7O5. The summed E-state index contributed by atoms with van der Waals surface area (Å²) in [6.07, 6.45) is 8.09. The molecule has 2 atom stereocenters. The number of hydrogen-bond donors (Lipinski definition) is 3. The zero-order valence-electron chi connectivity index (χ0n) is 25.6. The van der Waals surface area contributed by atoms with E-state index >= 15 is 0 Å². The second kappa shape index (κ2) is 11.9. The second-order valence-corrected chi connectivity index (χ2v) is 12.9. The number of morpholine rings is 1. The lowest BCUT2D eigenvalue weighted by Gasteiger charge is -2.41. The molecule has 5 rings (SSSR count). The minimum Gasteiger partial charge on any atom is -0.393 e. The molecule has 0 radical (unpaired) electrons.